The topological polar surface area (TPSA) is 102 Å². The van der Waals surface area contributed by atoms with E-state index in [1.165, 1.54) is 51.4 Å². The van der Waals surface area contributed by atoms with Crippen LogP contribution in [0.2, 0.25) is 0 Å². The van der Waals surface area contributed by atoms with Crippen molar-refractivity contribution in [3.05, 3.63) is 85.1 Å². The first-order valence-electron chi connectivity index (χ1n) is 23.6. The Hall–Kier alpha value is -3.49. The number of likely N-dealkylation sites (N-methyl/N-ethyl adjacent to an activating group) is 1. The Morgan fingerprint density at radius 3 is 1.45 bits per heavy atom. The fourth-order valence-corrected chi connectivity index (χ4v) is 6.37. The largest absolute Gasteiger partial charge is 0.544 e. The van der Waals surface area contributed by atoms with Crippen LogP contribution < -0.4 is 5.11 Å². The molecule has 0 aliphatic rings. The molecule has 0 rings (SSSR count). The molecular weight excluding hydrogens is 751 g/mol. The minimum Gasteiger partial charge on any atom is -0.544 e. The summed E-state index contributed by atoms with van der Waals surface area (Å²) in [4.78, 5) is 36.9. The number of nitrogens with zero attached hydrogens (tertiary/aromatic N) is 1. The maximum Gasteiger partial charge on any atom is 0.306 e. The number of quaternary nitrogens is 1. The molecule has 0 aromatic rings. The van der Waals surface area contributed by atoms with Gasteiger partial charge in [-0.25, -0.2) is 0 Å². The Balaban J connectivity index is 4.43. The van der Waals surface area contributed by atoms with Gasteiger partial charge in [0.25, 0.3) is 0 Å². The Kier molecular flexibility index (Phi) is 39.8. The smallest absolute Gasteiger partial charge is 0.306 e. The molecule has 0 aromatic carbocycles. The highest BCUT2D eigenvalue weighted by Gasteiger charge is 2.25. The van der Waals surface area contributed by atoms with Gasteiger partial charge in [-0.1, -0.05) is 157 Å². The lowest BCUT2D eigenvalue weighted by molar-refractivity contribution is -0.889. The van der Waals surface area contributed by atoms with E-state index in [0.717, 1.165) is 83.5 Å². The highest BCUT2D eigenvalue weighted by molar-refractivity contribution is 5.70. The van der Waals surface area contributed by atoms with Gasteiger partial charge in [0.2, 0.25) is 0 Å². The molecule has 0 heterocycles. The van der Waals surface area contributed by atoms with Gasteiger partial charge in [0.1, 0.15) is 12.6 Å². The number of rotatable bonds is 41. The second kappa shape index (κ2) is 42.2. The summed E-state index contributed by atoms with van der Waals surface area (Å²) in [5, 5.41) is 11.6. The van der Waals surface area contributed by atoms with Crippen LogP contribution in [0.15, 0.2) is 85.1 Å². The summed E-state index contributed by atoms with van der Waals surface area (Å²) in [6.45, 7) is 4.47. The van der Waals surface area contributed by atoms with E-state index in [-0.39, 0.29) is 49.1 Å². The highest BCUT2D eigenvalue weighted by Crippen LogP contribution is 2.13. The average molecular weight is 838 g/mol. The maximum absolute atomic E-state index is 12.7. The average Bonchev–Trinajstić information content (AvgIpc) is 3.21. The number of carboxylic acid groups (broad SMARTS) is 1. The van der Waals surface area contributed by atoms with E-state index in [9.17, 15) is 19.5 Å². The van der Waals surface area contributed by atoms with E-state index in [1.54, 1.807) is 21.1 Å². The zero-order valence-corrected chi connectivity index (χ0v) is 38.8. The Labute approximate surface area is 367 Å². The first-order valence-corrected chi connectivity index (χ1v) is 23.6. The highest BCUT2D eigenvalue weighted by atomic mass is 16.6. The molecule has 2 atom stereocenters. The molecule has 0 N–H and O–H groups in total. The molecule has 2 unspecified atom stereocenters. The van der Waals surface area contributed by atoms with E-state index < -0.39 is 18.1 Å². The minimum atomic E-state index is -1.14. The normalized spacial score (nSPS) is 13.7. The van der Waals surface area contributed by atoms with Crippen molar-refractivity contribution in [1.82, 2.24) is 0 Å². The number of unbranched alkanes of at least 4 members (excludes halogenated alkanes) is 13. The van der Waals surface area contributed by atoms with Crippen molar-refractivity contribution in [2.45, 2.75) is 187 Å². The van der Waals surface area contributed by atoms with Gasteiger partial charge in [0, 0.05) is 19.3 Å². The summed E-state index contributed by atoms with van der Waals surface area (Å²) in [6.07, 6.45) is 54.7. The van der Waals surface area contributed by atoms with Crippen LogP contribution in [0.1, 0.15) is 174 Å². The molecule has 342 valence electrons. The van der Waals surface area contributed by atoms with Gasteiger partial charge < -0.3 is 28.6 Å². The van der Waals surface area contributed by atoms with Crippen molar-refractivity contribution >= 4 is 17.9 Å². The fourth-order valence-electron chi connectivity index (χ4n) is 6.37. The SMILES string of the molecule is CC/C=C/C/C=C/C/C=C/C/C=C/C/C=C/C/C=C/CCCC(=O)OCC(COCCC(C(=O)[O-])[N+](C)(C)C)OC(=O)CCCCCCC/C=C/CCCCCCCCC. The van der Waals surface area contributed by atoms with Crippen LogP contribution in [-0.2, 0) is 28.6 Å². The van der Waals surface area contributed by atoms with Crippen LogP contribution in [0.5, 0.6) is 0 Å². The Morgan fingerprint density at radius 1 is 0.517 bits per heavy atom. The van der Waals surface area contributed by atoms with Gasteiger partial charge in [0.15, 0.2) is 6.10 Å². The molecule has 0 spiro atoms. The Morgan fingerprint density at radius 2 is 0.950 bits per heavy atom. The van der Waals surface area contributed by atoms with E-state index in [0.29, 0.717) is 12.8 Å². The van der Waals surface area contributed by atoms with E-state index in [4.69, 9.17) is 14.2 Å². The number of esters is 2. The lowest BCUT2D eigenvalue weighted by atomic mass is 10.1. The zero-order valence-electron chi connectivity index (χ0n) is 38.8. The summed E-state index contributed by atoms with van der Waals surface area (Å²) in [7, 11) is 5.38. The summed E-state index contributed by atoms with van der Waals surface area (Å²) in [5.41, 5.74) is 0. The molecule has 0 bridgehead atoms. The number of aliphatic carboxylic acids is 1. The van der Waals surface area contributed by atoms with Crippen molar-refractivity contribution < 1.29 is 38.2 Å². The second-order valence-electron chi connectivity index (χ2n) is 16.6. The number of ether oxygens (including phenoxy) is 3. The number of carboxylic acids is 1. The van der Waals surface area contributed by atoms with Gasteiger partial charge in [-0.15, -0.1) is 0 Å². The van der Waals surface area contributed by atoms with Crippen LogP contribution >= 0.6 is 0 Å². The predicted octanol–water partition coefficient (Wildman–Crippen LogP) is 12.0. The zero-order chi connectivity index (χ0) is 44.2. The molecular formula is C52H87NO7. The van der Waals surface area contributed by atoms with E-state index in [2.05, 4.69) is 98.9 Å². The first-order chi connectivity index (χ1) is 29.1. The Bertz CT molecular complexity index is 1250. The van der Waals surface area contributed by atoms with Crippen molar-refractivity contribution in [3.63, 3.8) is 0 Å². The van der Waals surface area contributed by atoms with Crippen molar-refractivity contribution in [1.29, 1.82) is 0 Å². The van der Waals surface area contributed by atoms with Gasteiger partial charge in [-0.05, 0) is 83.5 Å². The van der Waals surface area contributed by atoms with Crippen molar-refractivity contribution in [2.75, 3.05) is 41.0 Å². The van der Waals surface area contributed by atoms with Crippen LogP contribution in [0.3, 0.4) is 0 Å². The number of hydrogen-bond acceptors (Lipinski definition) is 7. The quantitative estimate of drug-likeness (QED) is 0.0261. The molecule has 0 aliphatic carbocycles. The molecule has 0 amide bonds. The van der Waals surface area contributed by atoms with Gasteiger partial charge in [0.05, 0.1) is 40.3 Å². The monoisotopic (exact) mass is 838 g/mol. The fraction of sp³-hybridized carbons (Fsp3) is 0.673. The third kappa shape index (κ3) is 39.9. The molecule has 0 aliphatic heterocycles. The standard InChI is InChI=1S/C52H87NO7/c1-6-8-10-12-14-16-18-20-22-24-25-26-27-29-30-32-34-36-38-40-42-50(54)59-47-48(46-58-45-44-49(52(56)57)53(3,4)5)60-51(55)43-41-39-37-35-33-31-28-23-21-19-17-15-13-11-9-7-2/h8,10,14,16,20,22-23,25-26,28-30,34,36,48-49H,6-7,9,11-13,15,17-19,21,24,27,31-33,35,37-47H2,1-5H3/b10-8+,16-14+,22-20+,26-25+,28-23+,30-29+,36-34+. The minimum absolute atomic E-state index is 0.0148. The summed E-state index contributed by atoms with van der Waals surface area (Å²) >= 11 is 0. The molecule has 8 nitrogen and oxygen atoms in total. The lowest BCUT2D eigenvalue weighted by Gasteiger charge is -2.34. The van der Waals surface area contributed by atoms with Gasteiger partial charge in [-0.2, -0.15) is 0 Å². The molecule has 60 heavy (non-hydrogen) atoms. The number of allylic oxidation sites excluding steroid dienone is 14. The van der Waals surface area contributed by atoms with Crippen LogP contribution in [0.4, 0.5) is 0 Å². The number of carbonyl (C=O) groups is 3. The van der Waals surface area contributed by atoms with Gasteiger partial charge >= 0.3 is 11.9 Å². The van der Waals surface area contributed by atoms with Crippen LogP contribution in [0.25, 0.3) is 0 Å². The summed E-state index contributed by atoms with van der Waals surface area (Å²) in [6, 6.07) is -0.740. The molecule has 0 saturated heterocycles. The van der Waals surface area contributed by atoms with E-state index in [1.807, 2.05) is 0 Å². The van der Waals surface area contributed by atoms with E-state index >= 15 is 0 Å². The third-order valence-electron chi connectivity index (χ3n) is 10.0. The first kappa shape index (κ1) is 56.5. The molecule has 0 radical (unpaired) electrons. The van der Waals surface area contributed by atoms with Crippen molar-refractivity contribution in [3.8, 4) is 0 Å². The number of hydrogen-bond donors (Lipinski definition) is 0. The number of carbonyl (C=O) groups excluding carboxylic acids is 3. The maximum atomic E-state index is 12.7. The van der Waals surface area contributed by atoms with Crippen molar-refractivity contribution in [2.24, 2.45) is 0 Å². The molecule has 0 saturated carbocycles. The molecule has 0 fully saturated rings. The lowest BCUT2D eigenvalue weighted by Crippen LogP contribution is -2.55. The van der Waals surface area contributed by atoms with Crippen LogP contribution in [0, 0.1) is 0 Å². The molecule has 0 aromatic heterocycles. The van der Waals surface area contributed by atoms with Crippen LogP contribution in [-0.4, -0.2) is 75.5 Å². The van der Waals surface area contributed by atoms with Gasteiger partial charge in [-0.3, -0.25) is 9.59 Å². The predicted molar refractivity (Wildman–Crippen MR) is 249 cm³/mol. The third-order valence-corrected chi connectivity index (χ3v) is 10.0. The molecule has 8 heteroatoms. The summed E-state index contributed by atoms with van der Waals surface area (Å²) in [5.74, 6) is -1.83. The summed E-state index contributed by atoms with van der Waals surface area (Å²) < 4.78 is 17.1. The second-order valence-corrected chi connectivity index (χ2v) is 16.6.